The average molecular weight is 647 g/mol. The normalized spacial score (nSPS) is 12.8. The molecule has 0 radical (unpaired) electrons. The van der Waals surface area contributed by atoms with Gasteiger partial charge in [0, 0.05) is 6.42 Å². The van der Waals surface area contributed by atoms with Crippen molar-refractivity contribution in [2.75, 3.05) is 0 Å². The van der Waals surface area contributed by atoms with Gasteiger partial charge in [-0.2, -0.15) is 18.3 Å². The molecular formula is C28H18F9N3O5. The second-order valence-electron chi connectivity index (χ2n) is 9.20. The second-order valence-corrected chi connectivity index (χ2v) is 9.20. The van der Waals surface area contributed by atoms with E-state index in [1.807, 2.05) is 5.32 Å². The van der Waals surface area contributed by atoms with Crippen molar-refractivity contribution in [3.8, 4) is 28.3 Å². The maximum atomic E-state index is 14.0. The molecule has 8 nitrogen and oxygen atoms in total. The summed E-state index contributed by atoms with van der Waals surface area (Å²) in [5.41, 5.74) is -1.64. The number of aromatic nitrogens is 2. The van der Waals surface area contributed by atoms with Gasteiger partial charge in [0.2, 0.25) is 0 Å². The van der Waals surface area contributed by atoms with Crippen LogP contribution in [0, 0.1) is 0 Å². The summed E-state index contributed by atoms with van der Waals surface area (Å²) in [7, 11) is 0. The third-order valence-corrected chi connectivity index (χ3v) is 6.02. The van der Waals surface area contributed by atoms with Crippen LogP contribution >= 0.6 is 0 Å². The van der Waals surface area contributed by atoms with Gasteiger partial charge < -0.3 is 19.9 Å². The SMILES string of the molecule is O=C(NC(Cc1ccc(-c2ccc(OC(F)(F)F)cc2)cc1)C(=O)O)c1cnn(-c2ccc(OC(F)(F)F)cc2)c1C(F)(F)F. The molecule has 1 heterocycles. The molecule has 4 rings (SSSR count). The third kappa shape index (κ3) is 8.67. The number of carboxylic acids is 1. The molecule has 1 atom stereocenters. The number of nitrogens with one attached hydrogen (secondary N) is 1. The Kier molecular flexibility index (Phi) is 9.02. The van der Waals surface area contributed by atoms with Crippen LogP contribution in [0.4, 0.5) is 39.5 Å². The topological polar surface area (TPSA) is 103 Å². The molecule has 1 aromatic heterocycles. The lowest BCUT2D eigenvalue weighted by Gasteiger charge is -2.17. The summed E-state index contributed by atoms with van der Waals surface area (Å²) in [6.45, 7) is 0. The molecule has 2 N–H and O–H groups in total. The van der Waals surface area contributed by atoms with Crippen LogP contribution in [0.3, 0.4) is 0 Å². The molecule has 1 unspecified atom stereocenters. The van der Waals surface area contributed by atoms with E-state index in [4.69, 9.17) is 0 Å². The minimum Gasteiger partial charge on any atom is -0.480 e. The van der Waals surface area contributed by atoms with E-state index in [1.54, 1.807) is 0 Å². The maximum absolute atomic E-state index is 14.0. The third-order valence-electron chi connectivity index (χ3n) is 6.02. The number of rotatable bonds is 9. The molecule has 45 heavy (non-hydrogen) atoms. The van der Waals surface area contributed by atoms with Crippen molar-refractivity contribution in [1.29, 1.82) is 0 Å². The first kappa shape index (κ1) is 32.7. The molecule has 0 aliphatic carbocycles. The van der Waals surface area contributed by atoms with E-state index in [1.165, 1.54) is 36.4 Å². The van der Waals surface area contributed by atoms with Crippen LogP contribution in [-0.4, -0.2) is 45.5 Å². The van der Waals surface area contributed by atoms with Gasteiger partial charge >= 0.3 is 24.9 Å². The monoisotopic (exact) mass is 647 g/mol. The lowest BCUT2D eigenvalue weighted by molar-refractivity contribution is -0.275. The molecule has 0 bridgehead atoms. The summed E-state index contributed by atoms with van der Waals surface area (Å²) in [5, 5.41) is 15.2. The summed E-state index contributed by atoms with van der Waals surface area (Å²) < 4.78 is 124. The van der Waals surface area contributed by atoms with Gasteiger partial charge in [0.1, 0.15) is 17.5 Å². The first-order valence-electron chi connectivity index (χ1n) is 12.4. The Labute approximate surface area is 246 Å². The van der Waals surface area contributed by atoms with Gasteiger partial charge in [-0.15, -0.1) is 26.3 Å². The zero-order valence-corrected chi connectivity index (χ0v) is 22.2. The van der Waals surface area contributed by atoms with Gasteiger partial charge in [-0.05, 0) is 53.1 Å². The average Bonchev–Trinajstić information content (AvgIpc) is 3.39. The first-order valence-corrected chi connectivity index (χ1v) is 12.4. The van der Waals surface area contributed by atoms with Gasteiger partial charge in [0.25, 0.3) is 5.91 Å². The Morgan fingerprint density at radius 3 is 1.67 bits per heavy atom. The number of alkyl halides is 9. The summed E-state index contributed by atoms with van der Waals surface area (Å²) in [6, 6.07) is 12.4. The molecular weight excluding hydrogens is 629 g/mol. The van der Waals surface area contributed by atoms with E-state index in [9.17, 15) is 54.2 Å². The number of carbonyl (C=O) groups is 2. The quantitative estimate of drug-likeness (QED) is 0.194. The number of hydrogen-bond acceptors (Lipinski definition) is 5. The Balaban J connectivity index is 1.50. The number of benzene rings is 3. The highest BCUT2D eigenvalue weighted by molar-refractivity contribution is 5.97. The molecule has 238 valence electrons. The Bertz CT molecular complexity index is 1650. The number of carbonyl (C=O) groups excluding carboxylic acids is 1. The summed E-state index contributed by atoms with van der Waals surface area (Å²) >= 11 is 0. The highest BCUT2D eigenvalue weighted by Gasteiger charge is 2.41. The van der Waals surface area contributed by atoms with Gasteiger partial charge in [-0.1, -0.05) is 36.4 Å². The predicted molar refractivity (Wildman–Crippen MR) is 136 cm³/mol. The highest BCUT2D eigenvalue weighted by atomic mass is 19.4. The van der Waals surface area contributed by atoms with Crippen LogP contribution < -0.4 is 14.8 Å². The molecule has 0 spiro atoms. The molecule has 0 saturated carbocycles. The number of amides is 1. The number of halogens is 9. The number of hydrogen-bond donors (Lipinski definition) is 2. The molecule has 0 aliphatic heterocycles. The van der Waals surface area contributed by atoms with Crippen LogP contribution in [-0.2, 0) is 17.4 Å². The Morgan fingerprint density at radius 2 is 1.22 bits per heavy atom. The fourth-order valence-electron chi connectivity index (χ4n) is 4.13. The van der Waals surface area contributed by atoms with Crippen molar-refractivity contribution in [3.05, 3.63) is 95.8 Å². The van der Waals surface area contributed by atoms with Gasteiger partial charge in [-0.25, -0.2) is 9.48 Å². The predicted octanol–water partition coefficient (Wildman–Crippen LogP) is 6.78. The van der Waals surface area contributed by atoms with Gasteiger partial charge in [-0.3, -0.25) is 4.79 Å². The van der Waals surface area contributed by atoms with Gasteiger partial charge in [0.15, 0.2) is 5.69 Å². The minimum absolute atomic E-state index is 0.266. The number of nitrogens with zero attached hydrogens (tertiary/aromatic N) is 2. The lowest BCUT2D eigenvalue weighted by atomic mass is 10.0. The van der Waals surface area contributed by atoms with Crippen molar-refractivity contribution in [2.45, 2.75) is 31.4 Å². The van der Waals surface area contributed by atoms with E-state index >= 15 is 0 Å². The molecule has 4 aromatic rings. The number of carboxylic acid groups (broad SMARTS) is 1. The molecule has 1 amide bonds. The van der Waals surface area contributed by atoms with E-state index in [2.05, 4.69) is 14.6 Å². The molecule has 0 fully saturated rings. The van der Waals surface area contributed by atoms with Crippen molar-refractivity contribution >= 4 is 11.9 Å². The van der Waals surface area contributed by atoms with E-state index < -0.39 is 59.6 Å². The van der Waals surface area contributed by atoms with Crippen LogP contribution in [0.2, 0.25) is 0 Å². The zero-order chi connectivity index (χ0) is 33.2. The van der Waals surface area contributed by atoms with E-state index in [-0.39, 0.29) is 16.8 Å². The Hall–Kier alpha value is -5.22. The standard InChI is InChI=1S/C28H18F9N3O5/c29-26(30,31)23-21(14-38-40(23)18-7-11-20(12-8-18)45-28(35,36)37)24(41)39-22(25(42)43)13-15-1-3-16(4-2-15)17-5-9-19(10-6-17)44-27(32,33)34/h1-12,14,22H,13H2,(H,39,41)(H,42,43). The fraction of sp³-hybridized carbons (Fsp3) is 0.179. The van der Waals surface area contributed by atoms with Crippen molar-refractivity contribution in [3.63, 3.8) is 0 Å². The lowest BCUT2D eigenvalue weighted by Crippen LogP contribution is -2.42. The fourth-order valence-corrected chi connectivity index (χ4v) is 4.13. The second kappa shape index (κ2) is 12.4. The largest absolute Gasteiger partial charge is 0.573 e. The van der Waals surface area contributed by atoms with Crippen LogP contribution in [0.25, 0.3) is 16.8 Å². The smallest absolute Gasteiger partial charge is 0.480 e. The molecule has 0 aliphatic rings. The maximum Gasteiger partial charge on any atom is 0.573 e. The van der Waals surface area contributed by atoms with E-state index in [0.717, 1.165) is 36.4 Å². The van der Waals surface area contributed by atoms with Crippen LogP contribution in [0.15, 0.2) is 79.0 Å². The van der Waals surface area contributed by atoms with Crippen molar-refractivity contribution in [2.24, 2.45) is 0 Å². The van der Waals surface area contributed by atoms with Crippen LogP contribution in [0.1, 0.15) is 21.6 Å². The highest BCUT2D eigenvalue weighted by Crippen LogP contribution is 2.34. The van der Waals surface area contributed by atoms with Crippen molar-refractivity contribution in [1.82, 2.24) is 15.1 Å². The summed E-state index contributed by atoms with van der Waals surface area (Å²) in [4.78, 5) is 24.8. The summed E-state index contributed by atoms with van der Waals surface area (Å²) in [5.74, 6) is -4.16. The van der Waals surface area contributed by atoms with Crippen LogP contribution in [0.5, 0.6) is 11.5 Å². The number of aliphatic carboxylic acids is 1. The van der Waals surface area contributed by atoms with E-state index in [0.29, 0.717) is 22.9 Å². The minimum atomic E-state index is -5.20. The summed E-state index contributed by atoms with van der Waals surface area (Å²) in [6.07, 6.45) is -14.9. The van der Waals surface area contributed by atoms with Gasteiger partial charge in [0.05, 0.1) is 17.4 Å². The molecule has 17 heteroatoms. The molecule has 3 aromatic carbocycles. The first-order chi connectivity index (χ1) is 20.9. The van der Waals surface area contributed by atoms with Crippen molar-refractivity contribution < 1.29 is 63.7 Å². The molecule has 0 saturated heterocycles. The zero-order valence-electron chi connectivity index (χ0n) is 22.2. The Morgan fingerprint density at radius 1 is 0.756 bits per heavy atom. The number of ether oxygens (including phenoxy) is 2.